The van der Waals surface area contributed by atoms with Crippen molar-refractivity contribution in [2.75, 3.05) is 12.0 Å². The smallest absolute Gasteiger partial charge is 0.119 e. The van der Waals surface area contributed by atoms with Gasteiger partial charge in [0, 0.05) is 17.1 Å². The zero-order valence-corrected chi connectivity index (χ0v) is 20.2. The van der Waals surface area contributed by atoms with Crippen LogP contribution in [0.15, 0.2) is 84.9 Å². The summed E-state index contributed by atoms with van der Waals surface area (Å²) in [4.78, 5) is 2.36. The molecule has 0 radical (unpaired) electrons. The molecule has 0 bridgehead atoms. The third-order valence-electron chi connectivity index (χ3n) is 6.68. The molecule has 0 unspecified atom stereocenters. The van der Waals surface area contributed by atoms with Crippen LogP contribution in [0, 0.1) is 13.8 Å². The average Bonchev–Trinajstić information content (AvgIpc) is 3.34. The molecule has 0 heterocycles. The summed E-state index contributed by atoms with van der Waals surface area (Å²) < 4.78 is 5.46. The van der Waals surface area contributed by atoms with Gasteiger partial charge in [0.15, 0.2) is 0 Å². The SMILES string of the molecule is COc1ccc(N(c2ccc(C=Cc3ccc(C)cc3)cc2)c2ccc3c(c2)CCC3)c(C)c1. The Bertz CT molecular complexity index is 1320. The molecule has 1 aliphatic carbocycles. The summed E-state index contributed by atoms with van der Waals surface area (Å²) in [5, 5.41) is 0. The van der Waals surface area contributed by atoms with Gasteiger partial charge in [0.25, 0.3) is 0 Å². The number of ether oxygens (including phenoxy) is 1. The van der Waals surface area contributed by atoms with Gasteiger partial charge in [-0.05, 0) is 103 Å². The highest BCUT2D eigenvalue weighted by atomic mass is 16.5. The number of benzene rings is 4. The Balaban J connectivity index is 1.50. The first-order chi connectivity index (χ1) is 16.6. The minimum absolute atomic E-state index is 0.881. The summed E-state index contributed by atoms with van der Waals surface area (Å²) in [6.45, 7) is 4.26. The average molecular weight is 446 g/mol. The summed E-state index contributed by atoms with van der Waals surface area (Å²) in [6.07, 6.45) is 7.95. The topological polar surface area (TPSA) is 12.5 Å². The molecule has 0 amide bonds. The number of nitrogens with zero attached hydrogens (tertiary/aromatic N) is 1. The van der Waals surface area contributed by atoms with E-state index in [1.165, 1.54) is 64.0 Å². The molecule has 1 aliphatic rings. The zero-order chi connectivity index (χ0) is 23.5. The van der Waals surface area contributed by atoms with Crippen LogP contribution in [0.25, 0.3) is 12.2 Å². The van der Waals surface area contributed by atoms with Gasteiger partial charge in [0.2, 0.25) is 0 Å². The van der Waals surface area contributed by atoms with Crippen LogP contribution in [-0.4, -0.2) is 7.11 Å². The van der Waals surface area contributed by atoms with Crippen LogP contribution < -0.4 is 9.64 Å². The maximum Gasteiger partial charge on any atom is 0.119 e. The molecule has 0 saturated heterocycles. The fraction of sp³-hybridized carbons (Fsp3) is 0.188. The van der Waals surface area contributed by atoms with Gasteiger partial charge in [0.1, 0.15) is 5.75 Å². The van der Waals surface area contributed by atoms with Crippen molar-refractivity contribution in [3.63, 3.8) is 0 Å². The van der Waals surface area contributed by atoms with Crippen molar-refractivity contribution in [2.45, 2.75) is 33.1 Å². The molecule has 0 atom stereocenters. The van der Waals surface area contributed by atoms with Crippen LogP contribution in [-0.2, 0) is 12.8 Å². The summed E-state index contributed by atoms with van der Waals surface area (Å²) in [5.74, 6) is 0.881. The van der Waals surface area contributed by atoms with Gasteiger partial charge in [-0.15, -0.1) is 0 Å². The summed E-state index contributed by atoms with van der Waals surface area (Å²) in [5.41, 5.74) is 11.4. The van der Waals surface area contributed by atoms with Crippen molar-refractivity contribution >= 4 is 29.2 Å². The molecular formula is C32H31NO. The van der Waals surface area contributed by atoms with Crippen LogP contribution in [0.3, 0.4) is 0 Å². The van der Waals surface area contributed by atoms with Crippen molar-refractivity contribution in [1.29, 1.82) is 0 Å². The molecule has 2 nitrogen and oxygen atoms in total. The van der Waals surface area contributed by atoms with E-state index in [9.17, 15) is 0 Å². The second-order valence-electron chi connectivity index (χ2n) is 9.13. The van der Waals surface area contributed by atoms with E-state index in [1.807, 2.05) is 6.07 Å². The first-order valence-corrected chi connectivity index (χ1v) is 12.0. The van der Waals surface area contributed by atoms with Crippen LogP contribution in [0.4, 0.5) is 17.1 Å². The monoisotopic (exact) mass is 445 g/mol. The Hall–Kier alpha value is -3.78. The van der Waals surface area contributed by atoms with Crippen molar-refractivity contribution < 1.29 is 4.74 Å². The van der Waals surface area contributed by atoms with Gasteiger partial charge in [-0.25, -0.2) is 0 Å². The first-order valence-electron chi connectivity index (χ1n) is 12.0. The van der Waals surface area contributed by atoms with E-state index in [-0.39, 0.29) is 0 Å². The predicted molar refractivity (Wildman–Crippen MR) is 145 cm³/mol. The van der Waals surface area contributed by atoms with Crippen LogP contribution in [0.5, 0.6) is 5.75 Å². The van der Waals surface area contributed by atoms with Gasteiger partial charge >= 0.3 is 0 Å². The maximum atomic E-state index is 5.46. The molecular weight excluding hydrogens is 414 g/mol. The summed E-state index contributed by atoms with van der Waals surface area (Å²) in [6, 6.07) is 30.7. The highest BCUT2D eigenvalue weighted by Gasteiger charge is 2.18. The third-order valence-corrected chi connectivity index (χ3v) is 6.68. The molecule has 0 aromatic heterocycles. The Morgan fingerprint density at radius 3 is 2.00 bits per heavy atom. The number of hydrogen-bond acceptors (Lipinski definition) is 2. The second kappa shape index (κ2) is 9.61. The van der Waals surface area contributed by atoms with E-state index in [2.05, 4.69) is 110 Å². The normalized spacial score (nSPS) is 12.7. The molecule has 0 fully saturated rings. The van der Waals surface area contributed by atoms with Crippen molar-refractivity contribution in [2.24, 2.45) is 0 Å². The molecule has 34 heavy (non-hydrogen) atoms. The number of aryl methyl sites for hydroxylation is 4. The van der Waals surface area contributed by atoms with Crippen molar-refractivity contribution in [3.05, 3.63) is 118 Å². The zero-order valence-electron chi connectivity index (χ0n) is 20.2. The van der Waals surface area contributed by atoms with Gasteiger partial charge in [-0.3, -0.25) is 0 Å². The number of rotatable bonds is 6. The van der Waals surface area contributed by atoms with Crippen LogP contribution >= 0.6 is 0 Å². The number of methoxy groups -OCH3 is 1. The minimum Gasteiger partial charge on any atom is -0.497 e. The van der Waals surface area contributed by atoms with E-state index in [0.717, 1.165) is 11.4 Å². The highest BCUT2D eigenvalue weighted by molar-refractivity contribution is 5.80. The van der Waals surface area contributed by atoms with Crippen molar-refractivity contribution in [1.82, 2.24) is 0 Å². The Labute approximate surface area is 203 Å². The molecule has 5 rings (SSSR count). The number of fused-ring (bicyclic) bond motifs is 1. The number of anilines is 3. The Kier molecular flexibility index (Phi) is 6.22. The highest BCUT2D eigenvalue weighted by Crippen LogP contribution is 2.39. The lowest BCUT2D eigenvalue weighted by Crippen LogP contribution is -2.12. The summed E-state index contributed by atoms with van der Waals surface area (Å²) in [7, 11) is 1.72. The maximum absolute atomic E-state index is 5.46. The fourth-order valence-corrected chi connectivity index (χ4v) is 4.73. The largest absolute Gasteiger partial charge is 0.497 e. The quantitative estimate of drug-likeness (QED) is 0.276. The number of hydrogen-bond donors (Lipinski definition) is 0. The molecule has 0 spiro atoms. The molecule has 2 heteroatoms. The van der Waals surface area contributed by atoms with Gasteiger partial charge < -0.3 is 9.64 Å². The molecule has 0 aliphatic heterocycles. The molecule has 170 valence electrons. The standard InChI is InChI=1S/C32H31NO/c1-23-7-9-25(10-8-23)11-12-26-13-16-29(17-14-26)33(32-20-19-31(34-3)21-24(32)2)30-18-15-27-5-4-6-28(27)22-30/h7-22H,4-6H2,1-3H3. The minimum atomic E-state index is 0.881. The van der Waals surface area contributed by atoms with Crippen LogP contribution in [0.1, 0.15) is 39.8 Å². The van der Waals surface area contributed by atoms with E-state index < -0.39 is 0 Å². The lowest BCUT2D eigenvalue weighted by molar-refractivity contribution is 0.414. The molecule has 4 aromatic carbocycles. The summed E-state index contributed by atoms with van der Waals surface area (Å²) >= 11 is 0. The van der Waals surface area contributed by atoms with Crippen molar-refractivity contribution in [3.8, 4) is 5.75 Å². The second-order valence-corrected chi connectivity index (χ2v) is 9.13. The van der Waals surface area contributed by atoms with Gasteiger partial charge in [-0.2, -0.15) is 0 Å². The lowest BCUT2D eigenvalue weighted by Gasteiger charge is -2.28. The third kappa shape index (κ3) is 4.63. The van der Waals surface area contributed by atoms with E-state index in [0.29, 0.717) is 0 Å². The Morgan fingerprint density at radius 1 is 0.676 bits per heavy atom. The molecule has 0 saturated carbocycles. The molecule has 4 aromatic rings. The van der Waals surface area contributed by atoms with Gasteiger partial charge in [-0.1, -0.05) is 60.2 Å². The molecule has 0 N–H and O–H groups in total. The van der Waals surface area contributed by atoms with Gasteiger partial charge in [0.05, 0.1) is 7.11 Å². The fourth-order valence-electron chi connectivity index (χ4n) is 4.73. The van der Waals surface area contributed by atoms with E-state index in [4.69, 9.17) is 4.74 Å². The Morgan fingerprint density at radius 2 is 1.32 bits per heavy atom. The van der Waals surface area contributed by atoms with E-state index >= 15 is 0 Å². The first kappa shape index (κ1) is 22.0. The van der Waals surface area contributed by atoms with E-state index in [1.54, 1.807) is 7.11 Å². The predicted octanol–water partition coefficient (Wildman–Crippen LogP) is 8.44. The lowest BCUT2D eigenvalue weighted by atomic mass is 10.1. The van der Waals surface area contributed by atoms with Crippen LogP contribution in [0.2, 0.25) is 0 Å².